The number of hydrogen-bond acceptors (Lipinski definition) is 5. The molecule has 1 aromatic rings. The lowest BCUT2D eigenvalue weighted by Gasteiger charge is -2.08. The summed E-state index contributed by atoms with van der Waals surface area (Å²) in [4.78, 5) is 4.42. The summed E-state index contributed by atoms with van der Waals surface area (Å²) in [6, 6.07) is 0. The molecule has 0 saturated heterocycles. The Bertz CT molecular complexity index is 347. The maximum atomic E-state index is 5.72. The molecule has 1 saturated carbocycles. The Morgan fingerprint density at radius 3 is 2.81 bits per heavy atom. The van der Waals surface area contributed by atoms with Crippen LogP contribution in [0.2, 0.25) is 0 Å². The highest BCUT2D eigenvalue weighted by Gasteiger charge is 2.48. The lowest BCUT2D eigenvalue weighted by Crippen LogP contribution is -2.20. The van der Waals surface area contributed by atoms with Crippen LogP contribution in [0, 0.1) is 0 Å². The topological polar surface area (TPSA) is 74.2 Å². The Balaban J connectivity index is 2.12. The molecule has 0 spiro atoms. The fraction of sp³-hybridized carbons (Fsp3) is 0.818. The first-order valence-corrected chi connectivity index (χ1v) is 5.82. The van der Waals surface area contributed by atoms with Crippen molar-refractivity contribution in [3.63, 3.8) is 0 Å². The number of aromatic nitrogens is 2. The normalized spacial score (nSPS) is 19.7. The minimum absolute atomic E-state index is 0.0320. The molecule has 0 radical (unpaired) electrons. The van der Waals surface area contributed by atoms with Crippen molar-refractivity contribution in [1.29, 1.82) is 0 Å². The van der Waals surface area contributed by atoms with Crippen LogP contribution in [-0.4, -0.2) is 23.8 Å². The van der Waals surface area contributed by atoms with E-state index in [4.69, 9.17) is 15.0 Å². The molecule has 5 nitrogen and oxygen atoms in total. The summed E-state index contributed by atoms with van der Waals surface area (Å²) in [5.41, 5.74) is 5.69. The second-order valence-corrected chi connectivity index (χ2v) is 4.46. The molecular weight excluding hydrogens is 206 g/mol. The Morgan fingerprint density at radius 1 is 1.56 bits per heavy atom. The number of hydrogen-bond donors (Lipinski definition) is 1. The number of methoxy groups -OCH3 is 1. The van der Waals surface area contributed by atoms with Gasteiger partial charge in [0.2, 0.25) is 11.7 Å². The van der Waals surface area contributed by atoms with E-state index in [-0.39, 0.29) is 11.5 Å². The van der Waals surface area contributed by atoms with Crippen LogP contribution in [0.4, 0.5) is 0 Å². The van der Waals surface area contributed by atoms with Crippen LogP contribution in [0.15, 0.2) is 4.52 Å². The van der Waals surface area contributed by atoms with Gasteiger partial charge in [-0.3, -0.25) is 0 Å². The Morgan fingerprint density at radius 2 is 2.31 bits per heavy atom. The van der Waals surface area contributed by atoms with Crippen LogP contribution in [0.3, 0.4) is 0 Å². The zero-order valence-corrected chi connectivity index (χ0v) is 9.90. The van der Waals surface area contributed by atoms with Crippen LogP contribution in [0.1, 0.15) is 50.4 Å². The number of nitrogens with zero attached hydrogens (tertiary/aromatic N) is 2. The molecule has 90 valence electrons. The summed E-state index contributed by atoms with van der Waals surface area (Å²) in [5.74, 6) is 1.34. The van der Waals surface area contributed by atoms with Crippen LogP contribution < -0.4 is 5.73 Å². The summed E-state index contributed by atoms with van der Waals surface area (Å²) in [7, 11) is 1.67. The summed E-state index contributed by atoms with van der Waals surface area (Å²) in [5, 5.41) is 3.99. The van der Waals surface area contributed by atoms with Crippen molar-refractivity contribution in [2.75, 3.05) is 13.7 Å². The van der Waals surface area contributed by atoms with Gasteiger partial charge in [0.1, 0.15) is 6.10 Å². The number of nitrogens with two attached hydrogens (primary N) is 1. The van der Waals surface area contributed by atoms with Crippen LogP contribution in [-0.2, 0) is 10.2 Å². The molecular formula is C11H19N3O2. The molecule has 1 heterocycles. The zero-order valence-electron chi connectivity index (χ0n) is 9.90. The first kappa shape index (κ1) is 11.5. The molecule has 1 fully saturated rings. The third-order valence-electron chi connectivity index (χ3n) is 3.26. The maximum absolute atomic E-state index is 5.72. The van der Waals surface area contributed by atoms with Crippen molar-refractivity contribution in [3.05, 3.63) is 11.7 Å². The third kappa shape index (κ3) is 1.97. The van der Waals surface area contributed by atoms with Crippen molar-refractivity contribution in [1.82, 2.24) is 10.1 Å². The van der Waals surface area contributed by atoms with Gasteiger partial charge in [-0.05, 0) is 19.3 Å². The number of rotatable bonds is 6. The minimum atomic E-state index is -0.0592. The van der Waals surface area contributed by atoms with E-state index in [9.17, 15) is 0 Å². The molecule has 16 heavy (non-hydrogen) atoms. The third-order valence-corrected chi connectivity index (χ3v) is 3.26. The Kier molecular flexibility index (Phi) is 3.25. The standard InChI is InChI=1S/C11H19N3O2/c1-3-4-8(15-2)9-13-10(16-14-9)11(7-12)5-6-11/h8H,3-7,12H2,1-2H3. The van der Waals surface area contributed by atoms with E-state index in [2.05, 4.69) is 17.1 Å². The minimum Gasteiger partial charge on any atom is -0.373 e. The molecule has 2 N–H and O–H groups in total. The summed E-state index contributed by atoms with van der Waals surface area (Å²) in [6.07, 6.45) is 3.99. The molecule has 1 aromatic heterocycles. The molecule has 5 heteroatoms. The smallest absolute Gasteiger partial charge is 0.234 e. The van der Waals surface area contributed by atoms with Crippen LogP contribution >= 0.6 is 0 Å². The van der Waals surface area contributed by atoms with Gasteiger partial charge in [0, 0.05) is 13.7 Å². The van der Waals surface area contributed by atoms with Gasteiger partial charge < -0.3 is 15.0 Å². The van der Waals surface area contributed by atoms with Gasteiger partial charge in [-0.1, -0.05) is 18.5 Å². The van der Waals surface area contributed by atoms with Crippen LogP contribution in [0.5, 0.6) is 0 Å². The van der Waals surface area contributed by atoms with Crippen LogP contribution in [0.25, 0.3) is 0 Å². The molecule has 1 unspecified atom stereocenters. The highest BCUT2D eigenvalue weighted by Crippen LogP contribution is 2.46. The highest BCUT2D eigenvalue weighted by molar-refractivity contribution is 5.16. The van der Waals surface area contributed by atoms with Crippen molar-refractivity contribution in [2.45, 2.75) is 44.1 Å². The van der Waals surface area contributed by atoms with E-state index in [1.165, 1.54) is 0 Å². The predicted molar refractivity (Wildman–Crippen MR) is 58.9 cm³/mol. The van der Waals surface area contributed by atoms with E-state index in [0.717, 1.165) is 25.7 Å². The maximum Gasteiger partial charge on any atom is 0.234 e. The van der Waals surface area contributed by atoms with Gasteiger partial charge in [0.05, 0.1) is 5.41 Å². The van der Waals surface area contributed by atoms with Crippen molar-refractivity contribution in [2.24, 2.45) is 5.73 Å². The van der Waals surface area contributed by atoms with E-state index in [1.54, 1.807) is 7.11 Å². The van der Waals surface area contributed by atoms with Gasteiger partial charge in [-0.25, -0.2) is 0 Å². The lowest BCUT2D eigenvalue weighted by molar-refractivity contribution is 0.0854. The van der Waals surface area contributed by atoms with Gasteiger partial charge >= 0.3 is 0 Å². The SMILES string of the molecule is CCCC(OC)c1noc(C2(CN)CC2)n1. The summed E-state index contributed by atoms with van der Waals surface area (Å²) < 4.78 is 10.6. The predicted octanol–water partition coefficient (Wildman–Crippen LogP) is 1.55. The Hall–Kier alpha value is -0.940. The molecule has 0 aromatic carbocycles. The molecule has 1 aliphatic carbocycles. The molecule has 0 amide bonds. The summed E-state index contributed by atoms with van der Waals surface area (Å²) >= 11 is 0. The quantitative estimate of drug-likeness (QED) is 0.795. The number of ether oxygens (including phenoxy) is 1. The van der Waals surface area contributed by atoms with Crippen molar-refractivity contribution < 1.29 is 9.26 Å². The molecule has 1 atom stereocenters. The van der Waals surface area contributed by atoms with E-state index >= 15 is 0 Å². The molecule has 0 aliphatic heterocycles. The average molecular weight is 225 g/mol. The van der Waals surface area contributed by atoms with E-state index < -0.39 is 0 Å². The fourth-order valence-corrected chi connectivity index (χ4v) is 1.85. The first-order chi connectivity index (χ1) is 7.75. The lowest BCUT2D eigenvalue weighted by atomic mass is 10.1. The van der Waals surface area contributed by atoms with E-state index in [0.29, 0.717) is 18.3 Å². The first-order valence-electron chi connectivity index (χ1n) is 5.82. The molecule has 0 bridgehead atoms. The second-order valence-electron chi connectivity index (χ2n) is 4.46. The second kappa shape index (κ2) is 4.51. The van der Waals surface area contributed by atoms with Crippen molar-refractivity contribution >= 4 is 0 Å². The van der Waals surface area contributed by atoms with Gasteiger partial charge in [0.25, 0.3) is 0 Å². The fourth-order valence-electron chi connectivity index (χ4n) is 1.85. The van der Waals surface area contributed by atoms with Crippen molar-refractivity contribution in [3.8, 4) is 0 Å². The largest absolute Gasteiger partial charge is 0.373 e. The monoisotopic (exact) mass is 225 g/mol. The zero-order chi connectivity index (χ0) is 11.6. The van der Waals surface area contributed by atoms with Gasteiger partial charge in [0.15, 0.2) is 0 Å². The van der Waals surface area contributed by atoms with E-state index in [1.807, 2.05) is 0 Å². The Labute approximate surface area is 95.3 Å². The van der Waals surface area contributed by atoms with Gasteiger partial charge in [-0.2, -0.15) is 4.98 Å². The average Bonchev–Trinajstić information content (AvgIpc) is 2.97. The summed E-state index contributed by atoms with van der Waals surface area (Å²) in [6.45, 7) is 2.69. The molecule has 1 aliphatic rings. The molecule has 2 rings (SSSR count). The highest BCUT2D eigenvalue weighted by atomic mass is 16.5. The van der Waals surface area contributed by atoms with Gasteiger partial charge in [-0.15, -0.1) is 0 Å².